The maximum atomic E-state index is 11.5. The van der Waals surface area contributed by atoms with Crippen molar-refractivity contribution in [1.29, 1.82) is 0 Å². The molecule has 0 aromatic heterocycles. The first-order valence-electron chi connectivity index (χ1n) is 7.99. The molecular formula is C22H18O4. The van der Waals surface area contributed by atoms with Crippen LogP contribution in [0, 0.1) is 11.8 Å². The van der Waals surface area contributed by atoms with Gasteiger partial charge in [0.05, 0.1) is 0 Å². The molecule has 0 heterocycles. The summed E-state index contributed by atoms with van der Waals surface area (Å²) in [6.45, 7) is -0.120. The molecule has 0 atom stereocenters. The summed E-state index contributed by atoms with van der Waals surface area (Å²) in [5, 5.41) is 0. The van der Waals surface area contributed by atoms with Crippen molar-refractivity contribution in [2.24, 2.45) is 0 Å². The van der Waals surface area contributed by atoms with Crippen molar-refractivity contribution >= 4 is 24.1 Å². The normalized spacial score (nSPS) is 10.3. The van der Waals surface area contributed by atoms with E-state index in [4.69, 9.17) is 9.47 Å². The molecule has 0 bridgehead atoms. The maximum Gasteiger partial charge on any atom is 0.331 e. The molecule has 2 rings (SSSR count). The van der Waals surface area contributed by atoms with Gasteiger partial charge >= 0.3 is 11.9 Å². The van der Waals surface area contributed by atoms with E-state index in [1.165, 1.54) is 12.2 Å². The molecule has 0 aliphatic carbocycles. The molecule has 0 unspecified atom stereocenters. The Morgan fingerprint density at radius 2 is 1.08 bits per heavy atom. The Hall–Kier alpha value is -3.58. The van der Waals surface area contributed by atoms with E-state index in [0.29, 0.717) is 0 Å². The third-order valence-electron chi connectivity index (χ3n) is 3.12. The van der Waals surface area contributed by atoms with Gasteiger partial charge in [-0.15, -0.1) is 0 Å². The van der Waals surface area contributed by atoms with Crippen LogP contribution in [0.2, 0.25) is 0 Å². The number of benzene rings is 2. The molecule has 26 heavy (non-hydrogen) atoms. The lowest BCUT2D eigenvalue weighted by atomic mass is 10.2. The molecule has 0 amide bonds. The summed E-state index contributed by atoms with van der Waals surface area (Å²) in [5.74, 6) is 4.27. The fraction of sp³-hybridized carbons (Fsp3) is 0.0909. The molecule has 130 valence electrons. The quantitative estimate of drug-likeness (QED) is 0.456. The zero-order chi connectivity index (χ0) is 18.5. The SMILES string of the molecule is O=C(/C=C/c1ccccc1)OCC#CCOC(=O)/C=C/c1ccccc1. The van der Waals surface area contributed by atoms with Gasteiger partial charge in [-0.1, -0.05) is 72.5 Å². The molecule has 0 radical (unpaired) electrons. The summed E-state index contributed by atoms with van der Waals surface area (Å²) < 4.78 is 9.84. The van der Waals surface area contributed by atoms with E-state index in [-0.39, 0.29) is 13.2 Å². The molecule has 0 saturated heterocycles. The Kier molecular flexibility index (Phi) is 7.98. The van der Waals surface area contributed by atoms with Gasteiger partial charge in [0.2, 0.25) is 0 Å². The second kappa shape index (κ2) is 11.1. The first kappa shape index (κ1) is 18.8. The van der Waals surface area contributed by atoms with Crippen LogP contribution in [0.1, 0.15) is 11.1 Å². The van der Waals surface area contributed by atoms with Gasteiger partial charge in [0.1, 0.15) is 0 Å². The van der Waals surface area contributed by atoms with Gasteiger partial charge in [0.25, 0.3) is 0 Å². The van der Waals surface area contributed by atoms with E-state index in [1.54, 1.807) is 12.2 Å². The minimum Gasteiger partial charge on any atom is -0.449 e. The molecule has 0 N–H and O–H groups in total. The van der Waals surface area contributed by atoms with Crippen LogP contribution in [0.15, 0.2) is 72.8 Å². The summed E-state index contributed by atoms with van der Waals surface area (Å²) in [4.78, 5) is 23.0. The average Bonchev–Trinajstić information content (AvgIpc) is 2.69. The Morgan fingerprint density at radius 3 is 1.46 bits per heavy atom. The topological polar surface area (TPSA) is 52.6 Å². The Bertz CT molecular complexity index is 755. The fourth-order valence-electron chi connectivity index (χ4n) is 1.87. The van der Waals surface area contributed by atoms with Gasteiger partial charge < -0.3 is 9.47 Å². The zero-order valence-electron chi connectivity index (χ0n) is 14.1. The first-order valence-corrected chi connectivity index (χ1v) is 7.99. The summed E-state index contributed by atoms with van der Waals surface area (Å²) >= 11 is 0. The van der Waals surface area contributed by atoms with E-state index < -0.39 is 11.9 Å². The van der Waals surface area contributed by atoms with Gasteiger partial charge in [0, 0.05) is 12.2 Å². The van der Waals surface area contributed by atoms with E-state index in [0.717, 1.165) is 11.1 Å². The predicted octanol–water partition coefficient (Wildman–Crippen LogP) is 3.50. The highest BCUT2D eigenvalue weighted by molar-refractivity contribution is 5.87. The molecule has 2 aromatic rings. The van der Waals surface area contributed by atoms with Crippen molar-refractivity contribution in [3.63, 3.8) is 0 Å². The lowest BCUT2D eigenvalue weighted by Gasteiger charge is -1.96. The standard InChI is InChI=1S/C22H18O4/c23-21(15-13-19-9-3-1-4-10-19)25-17-7-8-18-26-22(24)16-14-20-11-5-2-6-12-20/h1-6,9-16H,17-18H2/b15-13+,16-14+. The zero-order valence-corrected chi connectivity index (χ0v) is 14.1. The third-order valence-corrected chi connectivity index (χ3v) is 3.12. The number of hydrogen-bond donors (Lipinski definition) is 0. The molecule has 0 spiro atoms. The average molecular weight is 346 g/mol. The summed E-state index contributed by atoms with van der Waals surface area (Å²) in [6.07, 6.45) is 6.00. The summed E-state index contributed by atoms with van der Waals surface area (Å²) in [6, 6.07) is 18.8. The van der Waals surface area contributed by atoms with Crippen molar-refractivity contribution in [2.45, 2.75) is 0 Å². The Morgan fingerprint density at radius 1 is 0.692 bits per heavy atom. The van der Waals surface area contributed by atoms with Crippen molar-refractivity contribution < 1.29 is 19.1 Å². The van der Waals surface area contributed by atoms with Crippen LogP contribution in [0.5, 0.6) is 0 Å². The number of esters is 2. The van der Waals surface area contributed by atoms with Crippen LogP contribution in [0.25, 0.3) is 12.2 Å². The number of carbonyl (C=O) groups is 2. The highest BCUT2D eigenvalue weighted by atomic mass is 16.5. The first-order chi connectivity index (χ1) is 12.7. The third kappa shape index (κ3) is 7.80. The van der Waals surface area contributed by atoms with Crippen molar-refractivity contribution in [1.82, 2.24) is 0 Å². The van der Waals surface area contributed by atoms with Gasteiger partial charge in [-0.25, -0.2) is 9.59 Å². The minimum absolute atomic E-state index is 0.0602. The highest BCUT2D eigenvalue weighted by Gasteiger charge is 1.95. The van der Waals surface area contributed by atoms with E-state index in [9.17, 15) is 9.59 Å². The molecule has 0 fully saturated rings. The highest BCUT2D eigenvalue weighted by Crippen LogP contribution is 2.01. The van der Waals surface area contributed by atoms with E-state index in [2.05, 4.69) is 11.8 Å². The molecule has 0 saturated carbocycles. The van der Waals surface area contributed by atoms with Crippen molar-refractivity contribution in [3.8, 4) is 11.8 Å². The maximum absolute atomic E-state index is 11.5. The largest absolute Gasteiger partial charge is 0.449 e. The fourth-order valence-corrected chi connectivity index (χ4v) is 1.87. The lowest BCUT2D eigenvalue weighted by Crippen LogP contribution is -2.02. The van der Waals surface area contributed by atoms with Gasteiger partial charge in [-0.3, -0.25) is 0 Å². The van der Waals surface area contributed by atoms with Crippen molar-refractivity contribution in [2.75, 3.05) is 13.2 Å². The smallest absolute Gasteiger partial charge is 0.331 e. The molecule has 0 aliphatic heterocycles. The van der Waals surface area contributed by atoms with Crippen LogP contribution in [0.3, 0.4) is 0 Å². The number of carbonyl (C=O) groups excluding carboxylic acids is 2. The van der Waals surface area contributed by atoms with Crippen LogP contribution in [-0.4, -0.2) is 25.2 Å². The Balaban J connectivity index is 1.63. The monoisotopic (exact) mass is 346 g/mol. The van der Waals surface area contributed by atoms with Crippen molar-refractivity contribution in [3.05, 3.63) is 83.9 Å². The van der Waals surface area contributed by atoms with Crippen LogP contribution in [-0.2, 0) is 19.1 Å². The number of rotatable bonds is 6. The van der Waals surface area contributed by atoms with E-state index >= 15 is 0 Å². The number of hydrogen-bond acceptors (Lipinski definition) is 4. The molecule has 4 heteroatoms. The Labute approximate surface area is 152 Å². The van der Waals surface area contributed by atoms with Gasteiger partial charge in [0.15, 0.2) is 13.2 Å². The van der Waals surface area contributed by atoms with Crippen LogP contribution >= 0.6 is 0 Å². The molecule has 4 nitrogen and oxygen atoms in total. The van der Waals surface area contributed by atoms with Gasteiger partial charge in [-0.2, -0.15) is 0 Å². The number of ether oxygens (including phenoxy) is 2. The summed E-state index contributed by atoms with van der Waals surface area (Å²) in [5.41, 5.74) is 1.82. The lowest BCUT2D eigenvalue weighted by molar-refractivity contribution is -0.137. The molecular weight excluding hydrogens is 328 g/mol. The summed E-state index contributed by atoms with van der Waals surface area (Å²) in [7, 11) is 0. The van der Waals surface area contributed by atoms with Gasteiger partial charge in [-0.05, 0) is 23.3 Å². The second-order valence-electron chi connectivity index (χ2n) is 5.06. The molecule has 0 aliphatic rings. The second-order valence-corrected chi connectivity index (χ2v) is 5.06. The van der Waals surface area contributed by atoms with E-state index in [1.807, 2.05) is 60.7 Å². The van der Waals surface area contributed by atoms with Crippen LogP contribution < -0.4 is 0 Å². The predicted molar refractivity (Wildman–Crippen MR) is 101 cm³/mol. The van der Waals surface area contributed by atoms with Crippen LogP contribution in [0.4, 0.5) is 0 Å². The molecule has 2 aromatic carbocycles. The minimum atomic E-state index is -0.481.